The van der Waals surface area contributed by atoms with Crippen molar-refractivity contribution in [1.82, 2.24) is 10.3 Å². The van der Waals surface area contributed by atoms with E-state index in [1.807, 2.05) is 25.4 Å². The van der Waals surface area contributed by atoms with Crippen molar-refractivity contribution in [1.29, 1.82) is 0 Å². The summed E-state index contributed by atoms with van der Waals surface area (Å²) in [5.74, 6) is 0.911. The van der Waals surface area contributed by atoms with Crippen LogP contribution in [-0.4, -0.2) is 19.1 Å². The van der Waals surface area contributed by atoms with Crippen molar-refractivity contribution in [2.75, 3.05) is 14.2 Å². The van der Waals surface area contributed by atoms with E-state index in [9.17, 15) is 0 Å². The number of nitrogens with one attached hydrogen (secondary N) is 1. The van der Waals surface area contributed by atoms with E-state index in [0.29, 0.717) is 0 Å². The highest BCUT2D eigenvalue weighted by Crippen LogP contribution is 2.29. The smallest absolute Gasteiger partial charge is 0.122 e. The first-order chi connectivity index (χ1) is 10.0. The normalized spacial score (nSPS) is 12.2. The van der Waals surface area contributed by atoms with Crippen molar-refractivity contribution < 1.29 is 4.74 Å². The van der Waals surface area contributed by atoms with Crippen LogP contribution in [0.2, 0.25) is 0 Å². The molecule has 21 heavy (non-hydrogen) atoms. The van der Waals surface area contributed by atoms with E-state index in [-0.39, 0.29) is 6.04 Å². The molecule has 2 rings (SSSR count). The van der Waals surface area contributed by atoms with Gasteiger partial charge >= 0.3 is 0 Å². The van der Waals surface area contributed by atoms with Gasteiger partial charge in [0, 0.05) is 15.1 Å². The van der Waals surface area contributed by atoms with Gasteiger partial charge in [0.25, 0.3) is 0 Å². The van der Waals surface area contributed by atoms with Gasteiger partial charge in [0.1, 0.15) is 5.75 Å². The molecule has 5 heteroatoms. The summed E-state index contributed by atoms with van der Waals surface area (Å²) in [5, 5.41) is 3.33. The summed E-state index contributed by atoms with van der Waals surface area (Å²) in [7, 11) is 3.65. The standard InChI is InChI=1S/C16H18Br2N2O/c1-10-4-5-15(21-3)11(6-10)7-14(19-2)16-13(18)8-12(17)9-20-16/h4-6,8-9,14,19H,7H2,1-3H3. The molecule has 0 spiro atoms. The molecule has 0 amide bonds. The van der Waals surface area contributed by atoms with E-state index in [2.05, 4.69) is 61.2 Å². The maximum absolute atomic E-state index is 5.46. The minimum atomic E-state index is 0.114. The summed E-state index contributed by atoms with van der Waals surface area (Å²) in [6.07, 6.45) is 2.63. The van der Waals surface area contributed by atoms with Gasteiger partial charge in [0.2, 0.25) is 0 Å². The molecule has 0 saturated carbocycles. The van der Waals surface area contributed by atoms with Gasteiger partial charge < -0.3 is 10.1 Å². The Kier molecular flexibility index (Phi) is 5.79. The van der Waals surface area contributed by atoms with E-state index >= 15 is 0 Å². The molecule has 0 aliphatic rings. The first kappa shape index (κ1) is 16.5. The lowest BCUT2D eigenvalue weighted by Gasteiger charge is -2.19. The van der Waals surface area contributed by atoms with Crippen molar-refractivity contribution in [3.8, 4) is 5.75 Å². The summed E-state index contributed by atoms with van der Waals surface area (Å²) in [4.78, 5) is 4.53. The number of aromatic nitrogens is 1. The lowest BCUT2D eigenvalue weighted by atomic mass is 10.0. The Labute approximate surface area is 142 Å². The number of pyridine rings is 1. The summed E-state index contributed by atoms with van der Waals surface area (Å²) in [5.41, 5.74) is 3.39. The Morgan fingerprint density at radius 3 is 2.67 bits per heavy atom. The molecule has 112 valence electrons. The number of halogens is 2. The van der Waals surface area contributed by atoms with Crippen LogP contribution in [0.5, 0.6) is 5.75 Å². The van der Waals surface area contributed by atoms with E-state index in [4.69, 9.17) is 4.74 Å². The number of aryl methyl sites for hydroxylation is 1. The van der Waals surface area contributed by atoms with Crippen LogP contribution in [0.3, 0.4) is 0 Å². The van der Waals surface area contributed by atoms with E-state index in [1.165, 1.54) is 11.1 Å². The number of benzene rings is 1. The second-order valence-electron chi connectivity index (χ2n) is 4.88. The highest BCUT2D eigenvalue weighted by molar-refractivity contribution is 9.11. The molecule has 0 fully saturated rings. The second kappa shape index (κ2) is 7.38. The van der Waals surface area contributed by atoms with E-state index in [0.717, 1.165) is 26.8 Å². The van der Waals surface area contributed by atoms with Gasteiger partial charge in [-0.1, -0.05) is 17.7 Å². The Morgan fingerprint density at radius 2 is 2.05 bits per heavy atom. The monoisotopic (exact) mass is 412 g/mol. The first-order valence-electron chi connectivity index (χ1n) is 6.67. The number of nitrogens with zero attached hydrogens (tertiary/aromatic N) is 1. The minimum Gasteiger partial charge on any atom is -0.496 e. The molecule has 1 unspecified atom stereocenters. The van der Waals surface area contributed by atoms with Gasteiger partial charge in [0.15, 0.2) is 0 Å². The quantitative estimate of drug-likeness (QED) is 0.787. The third-order valence-electron chi connectivity index (χ3n) is 3.37. The van der Waals surface area contributed by atoms with Crippen molar-refractivity contribution in [2.45, 2.75) is 19.4 Å². The zero-order chi connectivity index (χ0) is 15.4. The SMILES string of the molecule is CNC(Cc1cc(C)ccc1OC)c1ncc(Br)cc1Br. The predicted octanol–water partition coefficient (Wildman–Crippen LogP) is 4.43. The summed E-state index contributed by atoms with van der Waals surface area (Å²) < 4.78 is 7.41. The zero-order valence-corrected chi connectivity index (χ0v) is 15.5. The molecule has 1 N–H and O–H groups in total. The molecule has 0 aliphatic carbocycles. The molecule has 0 radical (unpaired) electrons. The van der Waals surface area contributed by atoms with Crippen LogP contribution in [-0.2, 0) is 6.42 Å². The third kappa shape index (κ3) is 4.05. The van der Waals surface area contributed by atoms with Crippen LogP contribution in [0.4, 0.5) is 0 Å². The molecule has 1 heterocycles. The summed E-state index contributed by atoms with van der Waals surface area (Å²) in [6.45, 7) is 2.09. The largest absolute Gasteiger partial charge is 0.496 e. The fourth-order valence-electron chi connectivity index (χ4n) is 2.30. The summed E-state index contributed by atoms with van der Waals surface area (Å²) in [6, 6.07) is 8.37. The molecule has 3 nitrogen and oxygen atoms in total. The topological polar surface area (TPSA) is 34.1 Å². The first-order valence-corrected chi connectivity index (χ1v) is 8.25. The van der Waals surface area contributed by atoms with Crippen molar-refractivity contribution in [2.24, 2.45) is 0 Å². The molecule has 0 bridgehead atoms. The Balaban J connectivity index is 2.33. The second-order valence-corrected chi connectivity index (χ2v) is 6.65. The van der Waals surface area contributed by atoms with Crippen LogP contribution in [0.25, 0.3) is 0 Å². The summed E-state index contributed by atoms with van der Waals surface area (Å²) >= 11 is 7.02. The average molecular weight is 414 g/mol. The van der Waals surface area contributed by atoms with Crippen molar-refractivity contribution in [3.05, 3.63) is 56.2 Å². The fourth-order valence-corrected chi connectivity index (χ4v) is 3.57. The Hall–Kier alpha value is -0.910. The number of rotatable bonds is 5. The number of hydrogen-bond donors (Lipinski definition) is 1. The van der Waals surface area contributed by atoms with Gasteiger partial charge in [-0.3, -0.25) is 4.98 Å². The van der Waals surface area contributed by atoms with Gasteiger partial charge in [-0.25, -0.2) is 0 Å². The maximum Gasteiger partial charge on any atom is 0.122 e. The lowest BCUT2D eigenvalue weighted by Crippen LogP contribution is -2.21. The Morgan fingerprint density at radius 1 is 1.29 bits per heavy atom. The van der Waals surface area contributed by atoms with Crippen LogP contribution in [0.15, 0.2) is 39.4 Å². The molecular weight excluding hydrogens is 396 g/mol. The van der Waals surface area contributed by atoms with E-state index in [1.54, 1.807) is 7.11 Å². The van der Waals surface area contributed by atoms with Crippen molar-refractivity contribution in [3.63, 3.8) is 0 Å². The molecule has 1 aromatic heterocycles. The molecule has 2 aromatic rings. The average Bonchev–Trinajstić information content (AvgIpc) is 2.45. The molecule has 0 saturated heterocycles. The van der Waals surface area contributed by atoms with Gasteiger partial charge in [0.05, 0.1) is 18.8 Å². The van der Waals surface area contributed by atoms with Crippen molar-refractivity contribution >= 4 is 31.9 Å². The molecular formula is C16H18Br2N2O. The van der Waals surface area contributed by atoms with Crippen LogP contribution in [0, 0.1) is 6.92 Å². The van der Waals surface area contributed by atoms with Crippen LogP contribution in [0.1, 0.15) is 22.9 Å². The van der Waals surface area contributed by atoms with Crippen LogP contribution < -0.4 is 10.1 Å². The zero-order valence-electron chi connectivity index (χ0n) is 12.3. The molecule has 1 aromatic carbocycles. The Bertz CT molecular complexity index is 632. The van der Waals surface area contributed by atoms with E-state index < -0.39 is 0 Å². The third-order valence-corrected chi connectivity index (χ3v) is 4.44. The molecule has 1 atom stereocenters. The molecule has 0 aliphatic heterocycles. The van der Waals surface area contributed by atoms with Crippen LogP contribution >= 0.6 is 31.9 Å². The number of likely N-dealkylation sites (N-methyl/N-ethyl adjacent to an activating group) is 1. The van der Waals surface area contributed by atoms with Gasteiger partial charge in [-0.05, 0) is 69.9 Å². The number of hydrogen-bond acceptors (Lipinski definition) is 3. The van der Waals surface area contributed by atoms with Gasteiger partial charge in [-0.15, -0.1) is 0 Å². The highest BCUT2D eigenvalue weighted by Gasteiger charge is 2.17. The minimum absolute atomic E-state index is 0.114. The number of ether oxygens (including phenoxy) is 1. The lowest BCUT2D eigenvalue weighted by molar-refractivity contribution is 0.406. The maximum atomic E-state index is 5.46. The number of methoxy groups -OCH3 is 1. The van der Waals surface area contributed by atoms with Gasteiger partial charge in [-0.2, -0.15) is 0 Å². The fraction of sp³-hybridized carbons (Fsp3) is 0.312. The predicted molar refractivity (Wildman–Crippen MR) is 92.9 cm³/mol. The highest BCUT2D eigenvalue weighted by atomic mass is 79.9.